The lowest BCUT2D eigenvalue weighted by Gasteiger charge is -2.15. The molecule has 0 fully saturated rings. The Labute approximate surface area is 444 Å². The molecule has 0 radical (unpaired) electrons. The molecule has 1 unspecified atom stereocenters. The molecular weight excluding hydrogens is 885 g/mol. The van der Waals surface area contributed by atoms with Gasteiger partial charge in [-0.1, -0.05) is 269 Å². The van der Waals surface area contributed by atoms with Crippen LogP contribution in [0.25, 0.3) is 0 Å². The molecule has 0 saturated carbocycles. The van der Waals surface area contributed by atoms with Crippen molar-refractivity contribution in [3.63, 3.8) is 0 Å². The molecule has 5 heteroatoms. The first-order valence-electron chi connectivity index (χ1n) is 29.4. The van der Waals surface area contributed by atoms with Crippen LogP contribution in [-0.4, -0.2) is 36.4 Å². The predicted octanol–water partition coefficient (Wildman–Crippen LogP) is 20.2. The van der Waals surface area contributed by atoms with E-state index in [1.54, 1.807) is 0 Å². The van der Waals surface area contributed by atoms with Gasteiger partial charge in [0.1, 0.15) is 6.61 Å². The fraction of sp³-hybridized carbons (Fsp3) is 0.612. The summed E-state index contributed by atoms with van der Waals surface area (Å²) in [5.74, 6) is -0.664. The number of allylic oxidation sites excluding steroid dienone is 24. The Morgan fingerprint density at radius 3 is 0.875 bits per heavy atom. The van der Waals surface area contributed by atoms with E-state index in [9.17, 15) is 14.7 Å². The third-order valence-corrected chi connectivity index (χ3v) is 12.1. The van der Waals surface area contributed by atoms with E-state index in [-0.39, 0.29) is 31.6 Å². The normalized spacial score (nSPS) is 13.3. The number of ether oxygens (including phenoxy) is 2. The first kappa shape index (κ1) is 67.8. The van der Waals surface area contributed by atoms with E-state index in [1.807, 2.05) is 0 Å². The molecule has 0 aliphatic carbocycles. The second kappa shape index (κ2) is 61.1. The molecule has 72 heavy (non-hydrogen) atoms. The average molecular weight is 994 g/mol. The summed E-state index contributed by atoms with van der Waals surface area (Å²) < 4.78 is 10.7. The highest BCUT2D eigenvalue weighted by molar-refractivity contribution is 5.70. The monoisotopic (exact) mass is 993 g/mol. The minimum atomic E-state index is -0.812. The van der Waals surface area contributed by atoms with Crippen molar-refractivity contribution in [1.29, 1.82) is 0 Å². The van der Waals surface area contributed by atoms with Gasteiger partial charge >= 0.3 is 11.9 Å². The lowest BCUT2D eigenvalue weighted by atomic mass is 10.0. The number of aliphatic hydroxyl groups is 1. The van der Waals surface area contributed by atoms with Crippen LogP contribution in [0, 0.1) is 0 Å². The number of rotatable bonds is 52. The van der Waals surface area contributed by atoms with Gasteiger partial charge in [0.2, 0.25) is 0 Å². The summed E-state index contributed by atoms with van der Waals surface area (Å²) in [5.41, 5.74) is 0. The molecule has 0 spiro atoms. The van der Waals surface area contributed by atoms with E-state index in [2.05, 4.69) is 160 Å². The number of hydrogen-bond acceptors (Lipinski definition) is 5. The van der Waals surface area contributed by atoms with Crippen LogP contribution >= 0.6 is 0 Å². The molecule has 5 nitrogen and oxygen atoms in total. The SMILES string of the molecule is CC/C=C\C/C=C\C/C=C\C/C=C\C/C=C\C/C=C\C/C=C\CCCC(=O)OC(CO)COC(=O)CCCCCCCCCCCCCCCCCCCCC/C=C\C/C=C\C/C=C\C/C=C\C/C=C\CC. The predicted molar refractivity (Wildman–Crippen MR) is 315 cm³/mol. The van der Waals surface area contributed by atoms with Crippen molar-refractivity contribution in [3.05, 3.63) is 146 Å². The smallest absolute Gasteiger partial charge is 0.306 e. The van der Waals surface area contributed by atoms with Crippen LogP contribution in [-0.2, 0) is 19.1 Å². The fourth-order valence-electron chi connectivity index (χ4n) is 7.81. The Morgan fingerprint density at radius 1 is 0.319 bits per heavy atom. The van der Waals surface area contributed by atoms with Gasteiger partial charge in [-0.3, -0.25) is 9.59 Å². The zero-order valence-corrected chi connectivity index (χ0v) is 46.4. The van der Waals surface area contributed by atoms with Crippen LogP contribution in [0.2, 0.25) is 0 Å². The highest BCUT2D eigenvalue weighted by atomic mass is 16.6. The molecule has 406 valence electrons. The van der Waals surface area contributed by atoms with Crippen LogP contribution in [0.5, 0.6) is 0 Å². The van der Waals surface area contributed by atoms with Gasteiger partial charge in [-0.15, -0.1) is 0 Å². The second-order valence-corrected chi connectivity index (χ2v) is 19.0. The molecule has 0 heterocycles. The topological polar surface area (TPSA) is 72.8 Å². The third-order valence-electron chi connectivity index (χ3n) is 12.1. The van der Waals surface area contributed by atoms with Crippen LogP contribution in [0.3, 0.4) is 0 Å². The van der Waals surface area contributed by atoms with Crippen molar-refractivity contribution in [2.75, 3.05) is 13.2 Å². The van der Waals surface area contributed by atoms with E-state index in [4.69, 9.17) is 9.47 Å². The Kier molecular flexibility index (Phi) is 57.5. The van der Waals surface area contributed by atoms with Gasteiger partial charge in [-0.25, -0.2) is 0 Å². The summed E-state index contributed by atoms with van der Waals surface area (Å²) in [5, 5.41) is 9.65. The van der Waals surface area contributed by atoms with E-state index < -0.39 is 6.10 Å². The maximum atomic E-state index is 12.3. The summed E-state index contributed by atoms with van der Waals surface area (Å²) >= 11 is 0. The van der Waals surface area contributed by atoms with E-state index in [0.717, 1.165) is 103 Å². The largest absolute Gasteiger partial charge is 0.462 e. The molecule has 0 aliphatic rings. The lowest BCUT2D eigenvalue weighted by molar-refractivity contribution is -0.161. The first-order valence-corrected chi connectivity index (χ1v) is 29.4. The maximum absolute atomic E-state index is 12.3. The summed E-state index contributed by atoms with van der Waals surface area (Å²) in [4.78, 5) is 24.5. The Morgan fingerprint density at radius 2 is 0.569 bits per heavy atom. The average Bonchev–Trinajstić information content (AvgIpc) is 3.38. The summed E-state index contributed by atoms with van der Waals surface area (Å²) in [6, 6.07) is 0. The van der Waals surface area contributed by atoms with Crippen molar-refractivity contribution >= 4 is 11.9 Å². The van der Waals surface area contributed by atoms with Gasteiger partial charge in [0.05, 0.1) is 6.61 Å². The van der Waals surface area contributed by atoms with Crippen molar-refractivity contribution < 1.29 is 24.2 Å². The van der Waals surface area contributed by atoms with Crippen molar-refractivity contribution in [3.8, 4) is 0 Å². The molecule has 0 aromatic carbocycles. The molecule has 1 atom stereocenters. The molecule has 0 bridgehead atoms. The Hall–Kier alpha value is -4.22. The van der Waals surface area contributed by atoms with Gasteiger partial charge in [-0.05, 0) is 109 Å². The number of carbonyl (C=O) groups excluding carboxylic acids is 2. The van der Waals surface area contributed by atoms with Crippen molar-refractivity contribution in [2.45, 2.75) is 251 Å². The second-order valence-electron chi connectivity index (χ2n) is 19.0. The lowest BCUT2D eigenvalue weighted by Crippen LogP contribution is -2.28. The van der Waals surface area contributed by atoms with E-state index in [0.29, 0.717) is 12.8 Å². The number of unbranched alkanes of at least 4 members (excludes halogenated alkanes) is 20. The fourth-order valence-corrected chi connectivity index (χ4v) is 7.81. The molecule has 0 saturated heterocycles. The van der Waals surface area contributed by atoms with Crippen LogP contribution in [0.1, 0.15) is 245 Å². The highest BCUT2D eigenvalue weighted by Gasteiger charge is 2.16. The maximum Gasteiger partial charge on any atom is 0.306 e. The standard InChI is InChI=1S/C67H108O5/c1-3-5-7-9-11-13-15-17-19-21-23-25-27-28-29-30-31-32-33-34-35-36-37-38-40-41-43-45-47-49-51-53-55-57-59-61-66(69)71-64-65(63-68)72-67(70)62-60-58-56-54-52-50-48-46-44-42-39-26-24-22-20-18-16-14-12-10-8-6-4-2/h5-8,11-14,17-20,23-26,28-29,42,44,48,50,54,56,65,68H,3-4,9-10,15-16,21-22,27,30-41,43,45-47,49,51-53,55,57-64H2,1-2H3/b7-5-,8-6-,13-11-,14-12-,19-17-,20-18-,25-23-,26-24-,29-28-,44-42-,50-48-,56-54-. The van der Waals surface area contributed by atoms with Crippen LogP contribution < -0.4 is 0 Å². The van der Waals surface area contributed by atoms with E-state index >= 15 is 0 Å². The Bertz CT molecular complexity index is 1540. The molecule has 0 aliphatic heterocycles. The van der Waals surface area contributed by atoms with Crippen LogP contribution in [0.4, 0.5) is 0 Å². The minimum Gasteiger partial charge on any atom is -0.462 e. The third kappa shape index (κ3) is 58.4. The van der Waals surface area contributed by atoms with Crippen LogP contribution in [0.15, 0.2) is 146 Å². The number of carbonyl (C=O) groups is 2. The van der Waals surface area contributed by atoms with Gasteiger partial charge < -0.3 is 14.6 Å². The summed E-state index contributed by atoms with van der Waals surface area (Å²) in [7, 11) is 0. The number of hydrogen-bond donors (Lipinski definition) is 1. The summed E-state index contributed by atoms with van der Waals surface area (Å²) in [6.07, 6.45) is 92.6. The van der Waals surface area contributed by atoms with Gasteiger partial charge in [0.25, 0.3) is 0 Å². The quantitative estimate of drug-likeness (QED) is 0.0373. The molecule has 0 amide bonds. The van der Waals surface area contributed by atoms with Crippen molar-refractivity contribution in [1.82, 2.24) is 0 Å². The van der Waals surface area contributed by atoms with Crippen molar-refractivity contribution in [2.24, 2.45) is 0 Å². The Balaban J connectivity index is 3.56. The number of esters is 2. The molecule has 1 N–H and O–H groups in total. The van der Waals surface area contributed by atoms with Gasteiger partial charge in [-0.2, -0.15) is 0 Å². The minimum absolute atomic E-state index is 0.0960. The highest BCUT2D eigenvalue weighted by Crippen LogP contribution is 2.16. The molecular formula is C67H108O5. The molecule has 0 rings (SSSR count). The number of aliphatic hydroxyl groups excluding tert-OH is 1. The molecule has 0 aromatic heterocycles. The van der Waals surface area contributed by atoms with Gasteiger partial charge in [0.15, 0.2) is 6.10 Å². The van der Waals surface area contributed by atoms with E-state index in [1.165, 1.54) is 109 Å². The van der Waals surface area contributed by atoms with Gasteiger partial charge in [0, 0.05) is 12.8 Å². The zero-order chi connectivity index (χ0) is 52.0. The summed E-state index contributed by atoms with van der Waals surface area (Å²) in [6.45, 7) is 3.87. The zero-order valence-electron chi connectivity index (χ0n) is 46.4. The molecule has 0 aromatic rings. The first-order chi connectivity index (χ1) is 35.6.